The summed E-state index contributed by atoms with van der Waals surface area (Å²) in [7, 11) is 0. The van der Waals surface area contributed by atoms with Gasteiger partial charge in [-0.1, -0.05) is 18.2 Å². The molecule has 3 heterocycles. The highest BCUT2D eigenvalue weighted by Crippen LogP contribution is 2.17. The number of benzene rings is 1. The molecule has 0 spiro atoms. The first-order chi connectivity index (χ1) is 12.8. The summed E-state index contributed by atoms with van der Waals surface area (Å²) in [5, 5.41) is 4.12. The van der Waals surface area contributed by atoms with Crippen LogP contribution in [0.15, 0.2) is 54.9 Å². The number of carbonyl (C=O) groups excluding carboxylic acids is 1. The molecule has 1 amide bonds. The molecular weight excluding hydrogens is 328 g/mol. The van der Waals surface area contributed by atoms with Crippen molar-refractivity contribution in [2.75, 3.05) is 36.5 Å². The molecule has 4 rings (SSSR count). The van der Waals surface area contributed by atoms with Crippen LogP contribution in [0, 0.1) is 0 Å². The average Bonchev–Trinajstić information content (AvgIpc) is 3.11. The van der Waals surface area contributed by atoms with Gasteiger partial charge in [-0.15, -0.1) is 0 Å². The highest BCUT2D eigenvalue weighted by molar-refractivity contribution is 5.90. The van der Waals surface area contributed by atoms with Gasteiger partial charge in [0.1, 0.15) is 5.82 Å². The summed E-state index contributed by atoms with van der Waals surface area (Å²) in [6.45, 7) is 3.81. The first-order valence-electron chi connectivity index (χ1n) is 8.92. The van der Waals surface area contributed by atoms with Gasteiger partial charge >= 0.3 is 0 Å². The smallest absolute Gasteiger partial charge is 0.226 e. The van der Waals surface area contributed by atoms with Gasteiger partial charge in [0, 0.05) is 37.8 Å². The summed E-state index contributed by atoms with van der Waals surface area (Å²) in [6.07, 6.45) is 4.16. The lowest BCUT2D eigenvalue weighted by Gasteiger charge is -2.27. The van der Waals surface area contributed by atoms with Gasteiger partial charge in [-0.2, -0.15) is 0 Å². The van der Waals surface area contributed by atoms with Crippen LogP contribution in [0.1, 0.15) is 6.42 Å². The van der Waals surface area contributed by atoms with Crippen molar-refractivity contribution in [1.82, 2.24) is 9.55 Å². The Morgan fingerprint density at radius 3 is 2.77 bits per heavy atom. The van der Waals surface area contributed by atoms with Crippen molar-refractivity contribution in [3.8, 4) is 0 Å². The molecule has 1 aliphatic rings. The summed E-state index contributed by atoms with van der Waals surface area (Å²) in [5.41, 5.74) is 1.88. The largest absolute Gasteiger partial charge is 0.378 e. The monoisotopic (exact) mass is 350 g/mol. The fourth-order valence-corrected chi connectivity index (χ4v) is 3.22. The zero-order chi connectivity index (χ0) is 17.8. The molecule has 1 N–H and O–H groups in total. The predicted molar refractivity (Wildman–Crippen MR) is 102 cm³/mol. The van der Waals surface area contributed by atoms with Gasteiger partial charge in [0.25, 0.3) is 0 Å². The number of aromatic nitrogens is 2. The third kappa shape index (κ3) is 3.70. The van der Waals surface area contributed by atoms with Crippen molar-refractivity contribution in [3.05, 3.63) is 54.9 Å². The Kier molecular flexibility index (Phi) is 4.84. The molecule has 0 aliphatic carbocycles. The topological polar surface area (TPSA) is 59.4 Å². The SMILES string of the molecule is O=C(CCn1ccc2ccccc21)Nc1ccc(N2CCOCC2)nc1. The van der Waals surface area contributed by atoms with E-state index >= 15 is 0 Å². The number of ether oxygens (including phenoxy) is 1. The van der Waals surface area contributed by atoms with Crippen LogP contribution in [0.2, 0.25) is 0 Å². The highest BCUT2D eigenvalue weighted by Gasteiger charge is 2.12. The third-order valence-electron chi connectivity index (χ3n) is 4.63. The minimum atomic E-state index is -0.0105. The number of morpholine rings is 1. The number of para-hydroxylation sites is 1. The molecule has 3 aromatic rings. The highest BCUT2D eigenvalue weighted by atomic mass is 16.5. The fraction of sp³-hybridized carbons (Fsp3) is 0.300. The van der Waals surface area contributed by atoms with E-state index in [4.69, 9.17) is 4.74 Å². The Morgan fingerprint density at radius 1 is 1.12 bits per heavy atom. The van der Waals surface area contributed by atoms with E-state index in [1.54, 1.807) is 6.20 Å². The molecule has 0 bridgehead atoms. The standard InChI is InChI=1S/C20H22N4O2/c25-20(8-10-23-9-7-16-3-1-2-4-18(16)23)22-17-5-6-19(21-15-17)24-11-13-26-14-12-24/h1-7,9,15H,8,10-14H2,(H,22,25). The van der Waals surface area contributed by atoms with E-state index in [1.165, 1.54) is 5.39 Å². The van der Waals surface area contributed by atoms with Gasteiger partial charge in [-0.05, 0) is 29.7 Å². The lowest BCUT2D eigenvalue weighted by Crippen LogP contribution is -2.36. The summed E-state index contributed by atoms with van der Waals surface area (Å²) >= 11 is 0. The molecule has 1 saturated heterocycles. The Hall–Kier alpha value is -2.86. The number of pyridine rings is 1. The number of anilines is 2. The maximum absolute atomic E-state index is 12.3. The van der Waals surface area contributed by atoms with Crippen LogP contribution in [0.5, 0.6) is 0 Å². The summed E-state index contributed by atoms with van der Waals surface area (Å²) in [5.74, 6) is 0.911. The van der Waals surface area contributed by atoms with E-state index < -0.39 is 0 Å². The van der Waals surface area contributed by atoms with Crippen molar-refractivity contribution in [3.63, 3.8) is 0 Å². The number of amides is 1. The molecule has 6 heteroatoms. The quantitative estimate of drug-likeness (QED) is 0.769. The van der Waals surface area contributed by atoms with Gasteiger partial charge in [-0.3, -0.25) is 4.79 Å². The molecule has 0 atom stereocenters. The van der Waals surface area contributed by atoms with Crippen molar-refractivity contribution in [2.45, 2.75) is 13.0 Å². The molecule has 134 valence electrons. The van der Waals surface area contributed by atoms with Crippen LogP contribution in [-0.4, -0.2) is 41.8 Å². The lowest BCUT2D eigenvalue weighted by atomic mass is 10.2. The molecule has 26 heavy (non-hydrogen) atoms. The molecular formula is C20H22N4O2. The van der Waals surface area contributed by atoms with Gasteiger partial charge in [0.2, 0.25) is 5.91 Å². The van der Waals surface area contributed by atoms with Gasteiger partial charge in [0.05, 0.1) is 25.1 Å². The Balaban J connectivity index is 1.33. The van der Waals surface area contributed by atoms with E-state index in [0.717, 1.165) is 43.3 Å². The number of nitrogens with zero attached hydrogens (tertiary/aromatic N) is 3. The predicted octanol–water partition coefficient (Wildman–Crippen LogP) is 2.90. The maximum atomic E-state index is 12.3. The van der Waals surface area contributed by atoms with Crippen molar-refractivity contribution in [1.29, 1.82) is 0 Å². The minimum Gasteiger partial charge on any atom is -0.378 e. The van der Waals surface area contributed by atoms with Crippen LogP contribution in [0.4, 0.5) is 11.5 Å². The van der Waals surface area contributed by atoms with E-state index in [0.29, 0.717) is 13.0 Å². The van der Waals surface area contributed by atoms with Crippen LogP contribution in [0.3, 0.4) is 0 Å². The minimum absolute atomic E-state index is 0.0105. The third-order valence-corrected chi connectivity index (χ3v) is 4.63. The number of hydrogen-bond acceptors (Lipinski definition) is 4. The number of aryl methyl sites for hydroxylation is 1. The van der Waals surface area contributed by atoms with Crippen LogP contribution < -0.4 is 10.2 Å². The molecule has 0 radical (unpaired) electrons. The van der Waals surface area contributed by atoms with Crippen molar-refractivity contribution >= 4 is 28.3 Å². The number of carbonyl (C=O) groups is 1. The second-order valence-corrected chi connectivity index (χ2v) is 6.37. The van der Waals surface area contributed by atoms with Crippen LogP contribution in [0.25, 0.3) is 10.9 Å². The van der Waals surface area contributed by atoms with Gasteiger partial charge in [0.15, 0.2) is 0 Å². The van der Waals surface area contributed by atoms with E-state index in [1.807, 2.05) is 30.5 Å². The maximum Gasteiger partial charge on any atom is 0.226 e. The average molecular weight is 350 g/mol. The molecule has 1 aliphatic heterocycles. The number of rotatable bonds is 5. The Bertz CT molecular complexity index is 882. The Morgan fingerprint density at radius 2 is 1.96 bits per heavy atom. The van der Waals surface area contributed by atoms with Gasteiger partial charge in [-0.25, -0.2) is 4.98 Å². The normalized spacial score (nSPS) is 14.5. The Labute approximate surface area is 152 Å². The number of hydrogen-bond donors (Lipinski definition) is 1. The van der Waals surface area contributed by atoms with Gasteiger partial charge < -0.3 is 19.5 Å². The zero-order valence-electron chi connectivity index (χ0n) is 14.6. The summed E-state index contributed by atoms with van der Waals surface area (Å²) in [4.78, 5) is 18.9. The molecule has 1 fully saturated rings. The first-order valence-corrected chi connectivity index (χ1v) is 8.92. The number of fused-ring (bicyclic) bond motifs is 1. The summed E-state index contributed by atoms with van der Waals surface area (Å²) < 4.78 is 7.46. The lowest BCUT2D eigenvalue weighted by molar-refractivity contribution is -0.116. The van der Waals surface area contributed by atoms with Crippen molar-refractivity contribution < 1.29 is 9.53 Å². The molecule has 6 nitrogen and oxygen atoms in total. The van der Waals surface area contributed by atoms with Crippen LogP contribution >= 0.6 is 0 Å². The second kappa shape index (κ2) is 7.58. The number of nitrogens with one attached hydrogen (secondary N) is 1. The fourth-order valence-electron chi connectivity index (χ4n) is 3.22. The molecule has 0 unspecified atom stereocenters. The second-order valence-electron chi connectivity index (χ2n) is 6.37. The van der Waals surface area contributed by atoms with Crippen molar-refractivity contribution in [2.24, 2.45) is 0 Å². The van der Waals surface area contributed by atoms with E-state index in [2.05, 4.69) is 38.0 Å². The molecule has 2 aromatic heterocycles. The van der Waals surface area contributed by atoms with E-state index in [-0.39, 0.29) is 5.91 Å². The molecule has 1 aromatic carbocycles. The first kappa shape index (κ1) is 16.6. The zero-order valence-corrected chi connectivity index (χ0v) is 14.6. The molecule has 0 saturated carbocycles. The van der Waals surface area contributed by atoms with E-state index in [9.17, 15) is 4.79 Å². The summed E-state index contributed by atoms with van der Waals surface area (Å²) in [6, 6.07) is 14.1. The van der Waals surface area contributed by atoms with Crippen LogP contribution in [-0.2, 0) is 16.1 Å².